The van der Waals surface area contributed by atoms with Crippen LogP contribution in [0.4, 0.5) is 5.82 Å². The fraction of sp³-hybridized carbons (Fsp3) is 0.455. The number of nitrogens with one attached hydrogen (secondary N) is 1. The molecule has 0 aliphatic carbocycles. The van der Waals surface area contributed by atoms with Gasteiger partial charge in [0, 0.05) is 19.0 Å². The summed E-state index contributed by atoms with van der Waals surface area (Å²) < 4.78 is 13.0. The summed E-state index contributed by atoms with van der Waals surface area (Å²) in [6.07, 6.45) is 3.16. The molecule has 1 amide bonds. The summed E-state index contributed by atoms with van der Waals surface area (Å²) in [5.74, 6) is 2.43. The standard InChI is InChI=1S/C22H26N6O3/c1-22(2,16-3-4-17-18(13-16)31-12-11-30-17)24-21(29)15-7-9-27(10-8-15)20-6-5-19-25-23-14-28(19)26-20/h3-6,13-15H,7-12H2,1-2H3,(H,24,29). The molecule has 1 aromatic carbocycles. The van der Waals surface area contributed by atoms with E-state index in [-0.39, 0.29) is 11.8 Å². The normalized spacial score (nSPS) is 17.0. The van der Waals surface area contributed by atoms with E-state index < -0.39 is 5.54 Å². The number of piperidine rings is 1. The fourth-order valence-corrected chi connectivity index (χ4v) is 4.17. The summed E-state index contributed by atoms with van der Waals surface area (Å²) in [6, 6.07) is 9.72. The number of aromatic nitrogens is 4. The van der Waals surface area contributed by atoms with Crippen LogP contribution >= 0.6 is 0 Å². The molecule has 1 saturated heterocycles. The van der Waals surface area contributed by atoms with Crippen molar-refractivity contribution < 1.29 is 14.3 Å². The van der Waals surface area contributed by atoms with Gasteiger partial charge >= 0.3 is 0 Å². The predicted octanol–water partition coefficient (Wildman–Crippen LogP) is 2.16. The number of anilines is 1. The minimum absolute atomic E-state index is 0.0219. The van der Waals surface area contributed by atoms with Crippen molar-refractivity contribution in [2.45, 2.75) is 32.2 Å². The molecule has 0 spiro atoms. The van der Waals surface area contributed by atoms with Crippen LogP contribution in [-0.4, -0.2) is 52.0 Å². The van der Waals surface area contributed by atoms with Gasteiger partial charge in [-0.05, 0) is 56.5 Å². The summed E-state index contributed by atoms with van der Waals surface area (Å²) in [5, 5.41) is 15.6. The second kappa shape index (κ2) is 7.72. The Morgan fingerprint density at radius 2 is 1.87 bits per heavy atom. The Morgan fingerprint density at radius 3 is 2.68 bits per heavy atom. The summed E-state index contributed by atoms with van der Waals surface area (Å²) in [7, 11) is 0. The van der Waals surface area contributed by atoms with Crippen molar-refractivity contribution in [2.24, 2.45) is 5.92 Å². The Labute approximate surface area is 180 Å². The number of hydrogen-bond acceptors (Lipinski definition) is 7. The molecule has 2 aromatic heterocycles. The van der Waals surface area contributed by atoms with Crippen molar-refractivity contribution in [1.29, 1.82) is 0 Å². The number of benzene rings is 1. The quantitative estimate of drug-likeness (QED) is 0.689. The number of fused-ring (bicyclic) bond motifs is 2. The average molecular weight is 422 g/mol. The molecule has 9 nitrogen and oxygen atoms in total. The van der Waals surface area contributed by atoms with Crippen molar-refractivity contribution >= 4 is 17.4 Å². The molecule has 0 unspecified atom stereocenters. The van der Waals surface area contributed by atoms with Gasteiger partial charge in [0.05, 0.1) is 5.54 Å². The van der Waals surface area contributed by atoms with Gasteiger partial charge in [-0.25, -0.2) is 0 Å². The van der Waals surface area contributed by atoms with Crippen LogP contribution in [0.15, 0.2) is 36.7 Å². The van der Waals surface area contributed by atoms with Gasteiger partial charge in [-0.2, -0.15) is 4.52 Å². The van der Waals surface area contributed by atoms with Crippen LogP contribution in [0.3, 0.4) is 0 Å². The summed E-state index contributed by atoms with van der Waals surface area (Å²) in [6.45, 7) is 6.70. The lowest BCUT2D eigenvalue weighted by Crippen LogP contribution is -2.47. The zero-order valence-electron chi connectivity index (χ0n) is 17.7. The van der Waals surface area contributed by atoms with Crippen LogP contribution in [0.2, 0.25) is 0 Å². The maximum Gasteiger partial charge on any atom is 0.223 e. The van der Waals surface area contributed by atoms with E-state index in [1.807, 2.05) is 44.2 Å². The molecule has 5 rings (SSSR count). The second-order valence-electron chi connectivity index (χ2n) is 8.56. The van der Waals surface area contributed by atoms with Gasteiger partial charge in [0.2, 0.25) is 5.91 Å². The number of rotatable bonds is 4. The highest BCUT2D eigenvalue weighted by Crippen LogP contribution is 2.34. The molecule has 0 bridgehead atoms. The number of ether oxygens (including phenoxy) is 2. The van der Waals surface area contributed by atoms with Gasteiger partial charge in [-0.15, -0.1) is 15.3 Å². The van der Waals surface area contributed by atoms with E-state index in [0.717, 1.165) is 54.5 Å². The van der Waals surface area contributed by atoms with E-state index >= 15 is 0 Å². The first-order valence-corrected chi connectivity index (χ1v) is 10.6. The Hall–Kier alpha value is -3.36. The van der Waals surface area contributed by atoms with Crippen LogP contribution in [-0.2, 0) is 10.3 Å². The maximum absolute atomic E-state index is 13.0. The number of nitrogens with zero attached hydrogens (tertiary/aromatic N) is 5. The zero-order valence-corrected chi connectivity index (χ0v) is 17.7. The van der Waals surface area contributed by atoms with Crippen LogP contribution in [0.25, 0.3) is 5.65 Å². The predicted molar refractivity (Wildman–Crippen MR) is 114 cm³/mol. The van der Waals surface area contributed by atoms with Gasteiger partial charge in [0.25, 0.3) is 0 Å². The highest BCUT2D eigenvalue weighted by atomic mass is 16.6. The Balaban J connectivity index is 1.22. The highest BCUT2D eigenvalue weighted by molar-refractivity contribution is 5.80. The monoisotopic (exact) mass is 422 g/mol. The van der Waals surface area contributed by atoms with E-state index in [1.165, 1.54) is 0 Å². The lowest BCUT2D eigenvalue weighted by atomic mass is 9.90. The van der Waals surface area contributed by atoms with E-state index in [1.54, 1.807) is 10.8 Å². The fourth-order valence-electron chi connectivity index (χ4n) is 4.17. The first-order chi connectivity index (χ1) is 15.0. The number of amides is 1. The van der Waals surface area contributed by atoms with Crippen LogP contribution in [0, 0.1) is 5.92 Å². The molecule has 2 aliphatic heterocycles. The molecule has 2 aliphatic rings. The minimum Gasteiger partial charge on any atom is -0.486 e. The van der Waals surface area contributed by atoms with Gasteiger partial charge in [0.1, 0.15) is 25.4 Å². The second-order valence-corrected chi connectivity index (χ2v) is 8.56. The van der Waals surface area contributed by atoms with E-state index in [9.17, 15) is 4.79 Å². The van der Waals surface area contributed by atoms with Crippen LogP contribution < -0.4 is 19.7 Å². The molecule has 3 aromatic rings. The van der Waals surface area contributed by atoms with E-state index in [0.29, 0.717) is 13.2 Å². The molecule has 0 atom stereocenters. The third-order valence-electron chi connectivity index (χ3n) is 6.04. The lowest BCUT2D eigenvalue weighted by Gasteiger charge is -2.35. The van der Waals surface area contributed by atoms with Crippen molar-refractivity contribution in [3.63, 3.8) is 0 Å². The minimum atomic E-state index is -0.509. The molecule has 4 heterocycles. The van der Waals surface area contributed by atoms with Crippen LogP contribution in [0.1, 0.15) is 32.3 Å². The highest BCUT2D eigenvalue weighted by Gasteiger charge is 2.31. The molecule has 162 valence electrons. The van der Waals surface area contributed by atoms with Crippen molar-refractivity contribution in [2.75, 3.05) is 31.2 Å². The zero-order chi connectivity index (χ0) is 21.4. The molecule has 31 heavy (non-hydrogen) atoms. The first kappa shape index (κ1) is 19.6. The van der Waals surface area contributed by atoms with Crippen molar-refractivity contribution in [3.8, 4) is 11.5 Å². The Bertz CT molecular complexity index is 1100. The van der Waals surface area contributed by atoms with Gasteiger partial charge in [-0.3, -0.25) is 4.79 Å². The van der Waals surface area contributed by atoms with E-state index in [4.69, 9.17) is 9.47 Å². The smallest absolute Gasteiger partial charge is 0.223 e. The maximum atomic E-state index is 13.0. The summed E-state index contributed by atoms with van der Waals surface area (Å²) in [5.41, 5.74) is 1.21. The molecule has 0 saturated carbocycles. The SMILES string of the molecule is CC(C)(NC(=O)C1CCN(c2ccc3nncn3n2)CC1)c1ccc2c(c1)OCCO2. The molecule has 0 radical (unpaired) electrons. The number of carbonyl (C=O) groups is 1. The molecule has 1 N–H and O–H groups in total. The lowest BCUT2D eigenvalue weighted by molar-refractivity contribution is -0.127. The number of hydrogen-bond donors (Lipinski definition) is 1. The van der Waals surface area contributed by atoms with Gasteiger partial charge < -0.3 is 19.7 Å². The molecular formula is C22H26N6O3. The van der Waals surface area contributed by atoms with Gasteiger partial charge in [-0.1, -0.05) is 6.07 Å². The first-order valence-electron chi connectivity index (χ1n) is 10.6. The summed E-state index contributed by atoms with van der Waals surface area (Å²) >= 11 is 0. The average Bonchev–Trinajstić information content (AvgIpc) is 3.26. The van der Waals surface area contributed by atoms with E-state index in [2.05, 4.69) is 25.5 Å². The van der Waals surface area contributed by atoms with Gasteiger partial charge in [0.15, 0.2) is 17.1 Å². The molecule has 9 heteroatoms. The third kappa shape index (κ3) is 3.87. The number of carbonyl (C=O) groups excluding carboxylic acids is 1. The van der Waals surface area contributed by atoms with Crippen LogP contribution in [0.5, 0.6) is 11.5 Å². The van der Waals surface area contributed by atoms with Crippen molar-refractivity contribution in [1.82, 2.24) is 25.1 Å². The molecular weight excluding hydrogens is 396 g/mol. The molecule has 1 fully saturated rings. The summed E-state index contributed by atoms with van der Waals surface area (Å²) in [4.78, 5) is 15.2. The topological polar surface area (TPSA) is 93.9 Å². The third-order valence-corrected chi connectivity index (χ3v) is 6.04. The Morgan fingerprint density at radius 1 is 1.10 bits per heavy atom. The largest absolute Gasteiger partial charge is 0.486 e. The van der Waals surface area contributed by atoms with Crippen molar-refractivity contribution in [3.05, 3.63) is 42.2 Å². The Kier molecular flexibility index (Phi) is 4.88.